The fourth-order valence-corrected chi connectivity index (χ4v) is 3.51. The lowest BCUT2D eigenvalue weighted by Crippen LogP contribution is -2.16. The van der Waals surface area contributed by atoms with E-state index in [1.165, 1.54) is 18.3 Å². The highest BCUT2D eigenvalue weighted by atomic mass is 19.4. The van der Waals surface area contributed by atoms with Crippen LogP contribution in [0.4, 0.5) is 26.3 Å². The Balaban J connectivity index is 2.39. The molecule has 1 atom stereocenters. The SMILES string of the molecule is Cc1cc(C(C)CCc2ccnc(C(C)C)c2C(F)(F)F)c(C(F)(F)F)cc1C. The van der Waals surface area contributed by atoms with Gasteiger partial charge < -0.3 is 0 Å². The predicted octanol–water partition coefficient (Wildman–Crippen LogP) is 7.60. The Morgan fingerprint density at radius 3 is 2.00 bits per heavy atom. The molecule has 0 radical (unpaired) electrons. The van der Waals surface area contributed by atoms with Crippen molar-refractivity contribution in [2.45, 2.75) is 71.6 Å². The molecule has 2 rings (SSSR count). The van der Waals surface area contributed by atoms with Gasteiger partial charge >= 0.3 is 12.4 Å². The molecule has 7 heteroatoms. The van der Waals surface area contributed by atoms with Gasteiger partial charge in [0.05, 0.1) is 16.8 Å². The van der Waals surface area contributed by atoms with Crippen LogP contribution < -0.4 is 0 Å². The molecule has 0 aliphatic heterocycles. The molecule has 0 saturated carbocycles. The van der Waals surface area contributed by atoms with Crippen molar-refractivity contribution < 1.29 is 26.3 Å². The zero-order valence-corrected chi connectivity index (χ0v) is 17.1. The lowest BCUT2D eigenvalue weighted by atomic mass is 9.86. The summed E-state index contributed by atoms with van der Waals surface area (Å²) in [5.74, 6) is -0.969. The number of pyridine rings is 1. The first kappa shape index (κ1) is 23.2. The van der Waals surface area contributed by atoms with E-state index in [-0.39, 0.29) is 29.7 Å². The Labute approximate surface area is 167 Å². The number of benzene rings is 1. The van der Waals surface area contributed by atoms with Crippen LogP contribution in [-0.4, -0.2) is 4.98 Å². The zero-order chi connectivity index (χ0) is 22.1. The number of aromatic nitrogens is 1. The van der Waals surface area contributed by atoms with Crippen LogP contribution in [-0.2, 0) is 18.8 Å². The highest BCUT2D eigenvalue weighted by Crippen LogP contribution is 2.40. The second-order valence-electron chi connectivity index (χ2n) is 7.84. The summed E-state index contributed by atoms with van der Waals surface area (Å²) in [7, 11) is 0. The number of hydrogen-bond acceptors (Lipinski definition) is 1. The highest BCUT2D eigenvalue weighted by Gasteiger charge is 2.38. The third kappa shape index (κ3) is 5.31. The van der Waals surface area contributed by atoms with E-state index < -0.39 is 35.3 Å². The van der Waals surface area contributed by atoms with Crippen LogP contribution in [0.3, 0.4) is 0 Å². The van der Waals surface area contributed by atoms with E-state index in [2.05, 4.69) is 4.98 Å². The largest absolute Gasteiger partial charge is 0.418 e. The Morgan fingerprint density at radius 1 is 0.897 bits per heavy atom. The summed E-state index contributed by atoms with van der Waals surface area (Å²) >= 11 is 0. The van der Waals surface area contributed by atoms with Gasteiger partial charge in [-0.3, -0.25) is 4.98 Å². The molecule has 1 aromatic heterocycles. The molecule has 0 amide bonds. The van der Waals surface area contributed by atoms with Crippen molar-refractivity contribution in [3.05, 3.63) is 63.5 Å². The van der Waals surface area contributed by atoms with Gasteiger partial charge in [-0.2, -0.15) is 26.3 Å². The van der Waals surface area contributed by atoms with Crippen LogP contribution in [0.15, 0.2) is 24.4 Å². The minimum Gasteiger partial charge on any atom is -0.260 e. The Kier molecular flexibility index (Phi) is 6.70. The fraction of sp³-hybridized carbons (Fsp3) is 0.500. The van der Waals surface area contributed by atoms with Gasteiger partial charge in [-0.1, -0.05) is 26.8 Å². The topological polar surface area (TPSA) is 12.9 Å². The first-order valence-corrected chi connectivity index (χ1v) is 9.46. The monoisotopic (exact) mass is 417 g/mol. The first-order valence-electron chi connectivity index (χ1n) is 9.46. The van der Waals surface area contributed by atoms with Gasteiger partial charge in [0, 0.05) is 6.20 Å². The summed E-state index contributed by atoms with van der Waals surface area (Å²) in [5, 5.41) is 0. The molecule has 0 N–H and O–H groups in total. The summed E-state index contributed by atoms with van der Waals surface area (Å²) in [4.78, 5) is 3.89. The third-order valence-corrected chi connectivity index (χ3v) is 5.25. The average molecular weight is 417 g/mol. The van der Waals surface area contributed by atoms with E-state index in [1.54, 1.807) is 34.6 Å². The van der Waals surface area contributed by atoms with Crippen LogP contribution in [0, 0.1) is 13.8 Å². The Morgan fingerprint density at radius 2 is 1.48 bits per heavy atom. The molecule has 0 aliphatic carbocycles. The Hall–Kier alpha value is -2.05. The summed E-state index contributed by atoms with van der Waals surface area (Å²) in [6, 6.07) is 3.93. The standard InChI is InChI=1S/C22H25F6N/c1-12(2)20-19(22(26,27)28)16(8-9-29-20)7-6-13(3)17-10-14(4)15(5)11-18(17)21(23,24)25/h8-13H,6-7H2,1-5H3. The van der Waals surface area contributed by atoms with Crippen molar-refractivity contribution in [2.24, 2.45) is 0 Å². The second kappa shape index (κ2) is 8.36. The maximum Gasteiger partial charge on any atom is 0.418 e. The molecule has 1 aromatic carbocycles. The lowest BCUT2D eigenvalue weighted by molar-refractivity contribution is -0.139. The van der Waals surface area contributed by atoms with Crippen molar-refractivity contribution >= 4 is 0 Å². The molecule has 1 unspecified atom stereocenters. The fourth-order valence-electron chi connectivity index (χ4n) is 3.51. The molecule has 0 bridgehead atoms. The minimum absolute atomic E-state index is 0.0163. The van der Waals surface area contributed by atoms with Crippen molar-refractivity contribution in [2.75, 3.05) is 0 Å². The molecule has 0 spiro atoms. The normalized spacial score (nSPS) is 13.8. The van der Waals surface area contributed by atoms with Crippen LogP contribution in [0.2, 0.25) is 0 Å². The average Bonchev–Trinajstić information content (AvgIpc) is 2.59. The molecule has 0 fully saturated rings. The summed E-state index contributed by atoms with van der Waals surface area (Å²) in [6.07, 6.45) is -7.56. The number of alkyl halides is 6. The van der Waals surface area contributed by atoms with Crippen molar-refractivity contribution in [1.29, 1.82) is 0 Å². The molecule has 1 heterocycles. The minimum atomic E-state index is -4.57. The van der Waals surface area contributed by atoms with E-state index in [0.29, 0.717) is 5.56 Å². The quantitative estimate of drug-likeness (QED) is 0.457. The van der Waals surface area contributed by atoms with Crippen molar-refractivity contribution in [1.82, 2.24) is 4.98 Å². The summed E-state index contributed by atoms with van der Waals surface area (Å²) < 4.78 is 81.4. The van der Waals surface area contributed by atoms with E-state index in [0.717, 1.165) is 11.6 Å². The highest BCUT2D eigenvalue weighted by molar-refractivity contribution is 5.41. The summed E-state index contributed by atoms with van der Waals surface area (Å²) in [5.41, 5.74) is -0.0807. The van der Waals surface area contributed by atoms with Gasteiger partial charge in [-0.25, -0.2) is 0 Å². The van der Waals surface area contributed by atoms with Crippen molar-refractivity contribution in [3.8, 4) is 0 Å². The number of hydrogen-bond donors (Lipinski definition) is 0. The lowest BCUT2D eigenvalue weighted by Gasteiger charge is -2.22. The van der Waals surface area contributed by atoms with Gasteiger partial charge in [-0.15, -0.1) is 0 Å². The molecule has 2 aromatic rings. The first-order chi connectivity index (χ1) is 13.2. The van der Waals surface area contributed by atoms with E-state index in [1.807, 2.05) is 0 Å². The van der Waals surface area contributed by atoms with Gasteiger partial charge in [0.2, 0.25) is 0 Å². The molecule has 0 aliphatic rings. The van der Waals surface area contributed by atoms with Crippen molar-refractivity contribution in [3.63, 3.8) is 0 Å². The molecular formula is C22H25F6N. The van der Waals surface area contributed by atoms with Gasteiger partial charge in [-0.05, 0) is 72.9 Å². The maximum absolute atomic E-state index is 13.6. The van der Waals surface area contributed by atoms with Crippen LogP contribution in [0.5, 0.6) is 0 Å². The number of rotatable bonds is 5. The van der Waals surface area contributed by atoms with Gasteiger partial charge in [0.1, 0.15) is 0 Å². The summed E-state index contributed by atoms with van der Waals surface area (Å²) in [6.45, 7) is 8.23. The molecule has 1 nitrogen and oxygen atoms in total. The van der Waals surface area contributed by atoms with Gasteiger partial charge in [0.25, 0.3) is 0 Å². The molecule has 0 saturated heterocycles. The number of nitrogens with zero attached hydrogens (tertiary/aromatic N) is 1. The number of aryl methyl sites for hydroxylation is 3. The predicted molar refractivity (Wildman–Crippen MR) is 101 cm³/mol. The van der Waals surface area contributed by atoms with Crippen LogP contribution in [0.1, 0.15) is 78.1 Å². The molecule has 160 valence electrons. The molecule has 29 heavy (non-hydrogen) atoms. The number of halogens is 6. The van der Waals surface area contributed by atoms with E-state index >= 15 is 0 Å². The smallest absolute Gasteiger partial charge is 0.260 e. The van der Waals surface area contributed by atoms with Crippen LogP contribution in [0.25, 0.3) is 0 Å². The molecular weight excluding hydrogens is 392 g/mol. The van der Waals surface area contributed by atoms with Gasteiger partial charge in [0.15, 0.2) is 0 Å². The van der Waals surface area contributed by atoms with E-state index in [4.69, 9.17) is 0 Å². The van der Waals surface area contributed by atoms with Crippen LogP contribution >= 0.6 is 0 Å². The zero-order valence-electron chi connectivity index (χ0n) is 17.1. The third-order valence-electron chi connectivity index (χ3n) is 5.25. The second-order valence-corrected chi connectivity index (χ2v) is 7.84. The Bertz CT molecular complexity index is 865. The van der Waals surface area contributed by atoms with E-state index in [9.17, 15) is 26.3 Å². The maximum atomic E-state index is 13.6.